The minimum absolute atomic E-state index is 0.000176. The number of carbonyl (C=O) groups excluding carboxylic acids is 2. The lowest BCUT2D eigenvalue weighted by atomic mass is 9.51. The molecule has 4 unspecified atom stereocenters. The van der Waals surface area contributed by atoms with Crippen LogP contribution in [0.25, 0.3) is 0 Å². The average molecular weight is 398 g/mol. The monoisotopic (exact) mass is 397 g/mol. The number of nitrogens with one attached hydrogen (secondary N) is 2. The lowest BCUT2D eigenvalue weighted by molar-refractivity contribution is -0.152. The van der Waals surface area contributed by atoms with Crippen LogP contribution in [-0.2, 0) is 4.79 Å². The van der Waals surface area contributed by atoms with Crippen LogP contribution in [0.15, 0.2) is 24.3 Å². The number of aliphatic hydroxyl groups excluding tert-OH is 1. The van der Waals surface area contributed by atoms with Gasteiger partial charge in [0.2, 0.25) is 5.91 Å². The number of para-hydroxylation sites is 1. The van der Waals surface area contributed by atoms with E-state index in [0.717, 1.165) is 50.8 Å². The summed E-state index contributed by atoms with van der Waals surface area (Å²) < 4.78 is 0. The Morgan fingerprint density at radius 1 is 1.28 bits per heavy atom. The summed E-state index contributed by atoms with van der Waals surface area (Å²) in [5, 5.41) is 16.5. The van der Waals surface area contributed by atoms with Crippen LogP contribution in [0, 0.1) is 23.2 Å². The predicted molar refractivity (Wildman–Crippen MR) is 110 cm³/mol. The van der Waals surface area contributed by atoms with Crippen LogP contribution in [0.5, 0.6) is 0 Å². The van der Waals surface area contributed by atoms with Crippen LogP contribution in [0.2, 0.25) is 0 Å². The Balaban J connectivity index is 1.39. The van der Waals surface area contributed by atoms with Gasteiger partial charge in [0.05, 0.1) is 5.56 Å². The first kappa shape index (κ1) is 18.9. The van der Waals surface area contributed by atoms with Gasteiger partial charge < -0.3 is 20.6 Å². The van der Waals surface area contributed by atoms with E-state index >= 15 is 0 Å². The molecule has 29 heavy (non-hydrogen) atoms. The molecular weight excluding hydrogens is 366 g/mol. The molecule has 3 aliphatic carbocycles. The molecule has 1 spiro atoms. The summed E-state index contributed by atoms with van der Waals surface area (Å²) >= 11 is 0. The molecule has 1 aromatic carbocycles. The number of fused-ring (bicyclic) bond motifs is 3. The highest BCUT2D eigenvalue weighted by atomic mass is 16.3. The van der Waals surface area contributed by atoms with Crippen molar-refractivity contribution in [1.29, 1.82) is 0 Å². The zero-order valence-electron chi connectivity index (χ0n) is 17.1. The van der Waals surface area contributed by atoms with E-state index in [9.17, 15) is 14.7 Å². The summed E-state index contributed by atoms with van der Waals surface area (Å²) in [6, 6.07) is 7.68. The molecule has 6 nitrogen and oxygen atoms in total. The summed E-state index contributed by atoms with van der Waals surface area (Å²) in [6.07, 6.45) is 5.61. The second-order valence-electron chi connectivity index (χ2n) is 9.93. The van der Waals surface area contributed by atoms with Crippen LogP contribution < -0.4 is 10.6 Å². The Kier molecular flexibility index (Phi) is 4.39. The molecule has 1 aromatic rings. The molecular formula is C23H31N3O3. The Labute approximate surface area is 172 Å². The normalized spacial score (nSPS) is 38.3. The molecule has 4 fully saturated rings. The fourth-order valence-electron chi connectivity index (χ4n) is 6.46. The number of aliphatic hydroxyl groups is 1. The van der Waals surface area contributed by atoms with Crippen LogP contribution in [0.3, 0.4) is 0 Å². The van der Waals surface area contributed by atoms with Gasteiger partial charge >= 0.3 is 0 Å². The molecule has 6 rings (SSSR count). The lowest BCUT2D eigenvalue weighted by Gasteiger charge is -2.61. The minimum Gasteiger partial charge on any atom is -0.396 e. The summed E-state index contributed by atoms with van der Waals surface area (Å²) in [4.78, 5) is 28.3. The molecule has 6 heteroatoms. The van der Waals surface area contributed by atoms with Gasteiger partial charge in [0.15, 0.2) is 0 Å². The number of anilines is 1. The van der Waals surface area contributed by atoms with E-state index < -0.39 is 5.66 Å². The molecule has 5 atom stereocenters. The van der Waals surface area contributed by atoms with Crippen molar-refractivity contribution in [2.45, 2.75) is 51.1 Å². The Morgan fingerprint density at radius 2 is 2.10 bits per heavy atom. The maximum atomic E-state index is 13.5. The maximum Gasteiger partial charge on any atom is 0.255 e. The molecule has 3 saturated carbocycles. The Bertz CT molecular complexity index is 842. The first-order chi connectivity index (χ1) is 13.9. The minimum atomic E-state index is -0.454. The molecule has 1 saturated heterocycles. The van der Waals surface area contributed by atoms with Crippen molar-refractivity contribution in [1.82, 2.24) is 10.2 Å². The van der Waals surface area contributed by atoms with E-state index in [0.29, 0.717) is 12.1 Å². The van der Waals surface area contributed by atoms with E-state index in [1.807, 2.05) is 29.2 Å². The van der Waals surface area contributed by atoms with Crippen molar-refractivity contribution in [2.24, 2.45) is 23.2 Å². The smallest absolute Gasteiger partial charge is 0.255 e. The van der Waals surface area contributed by atoms with Crippen LogP contribution in [0.1, 0.15) is 55.8 Å². The number of rotatable bonds is 2. The standard InChI is InChI=1S/C23H31N3O3/c1-22-9-8-16(11-18(22)21(29)26-10-4-5-15(12-26)13-27)23(14-22)24-19-7-3-2-6-17(19)20(28)25-23/h2-3,6-7,15-16,18,24,27H,4-5,8-14H2,1H3,(H,25,28)/t15?,16?,18?,22?,23-/m0/s1. The van der Waals surface area contributed by atoms with Crippen molar-refractivity contribution >= 4 is 17.5 Å². The number of nitrogens with zero attached hydrogens (tertiary/aromatic N) is 1. The van der Waals surface area contributed by atoms with Gasteiger partial charge in [-0.05, 0) is 62.0 Å². The highest BCUT2D eigenvalue weighted by Gasteiger charge is 2.60. The molecule has 2 amide bonds. The number of piperidine rings is 1. The number of amides is 2. The van der Waals surface area contributed by atoms with Crippen LogP contribution >= 0.6 is 0 Å². The second kappa shape index (κ2) is 6.73. The quantitative estimate of drug-likeness (QED) is 0.717. The average Bonchev–Trinajstić information content (AvgIpc) is 2.73. The fourth-order valence-corrected chi connectivity index (χ4v) is 6.46. The molecule has 5 aliphatic rings. The van der Waals surface area contributed by atoms with Crippen molar-refractivity contribution in [2.75, 3.05) is 25.0 Å². The number of hydrogen-bond donors (Lipinski definition) is 3. The van der Waals surface area contributed by atoms with Gasteiger partial charge in [-0.15, -0.1) is 0 Å². The molecule has 156 valence electrons. The van der Waals surface area contributed by atoms with Gasteiger partial charge in [-0.3, -0.25) is 9.59 Å². The summed E-state index contributed by atoms with van der Waals surface area (Å²) in [5.74, 6) is 0.700. The van der Waals surface area contributed by atoms with Crippen molar-refractivity contribution in [3.63, 3.8) is 0 Å². The summed E-state index contributed by atoms with van der Waals surface area (Å²) in [5.41, 5.74) is 1.01. The van der Waals surface area contributed by atoms with Crippen molar-refractivity contribution in [3.8, 4) is 0 Å². The number of carbonyl (C=O) groups is 2. The summed E-state index contributed by atoms with van der Waals surface area (Å²) in [7, 11) is 0. The van der Waals surface area contributed by atoms with Crippen molar-refractivity contribution in [3.05, 3.63) is 29.8 Å². The fraction of sp³-hybridized carbons (Fsp3) is 0.652. The third-order valence-electron chi connectivity index (χ3n) is 8.06. The zero-order valence-corrected chi connectivity index (χ0v) is 17.1. The Morgan fingerprint density at radius 3 is 2.90 bits per heavy atom. The van der Waals surface area contributed by atoms with Gasteiger partial charge in [-0.2, -0.15) is 0 Å². The van der Waals surface area contributed by atoms with Crippen molar-refractivity contribution < 1.29 is 14.7 Å². The second-order valence-corrected chi connectivity index (χ2v) is 9.93. The molecule has 2 heterocycles. The van der Waals surface area contributed by atoms with Gasteiger partial charge in [-0.25, -0.2) is 0 Å². The molecule has 2 aliphatic heterocycles. The van der Waals surface area contributed by atoms with Gasteiger partial charge in [-0.1, -0.05) is 19.1 Å². The van der Waals surface area contributed by atoms with E-state index in [4.69, 9.17) is 0 Å². The maximum absolute atomic E-state index is 13.5. The Hall–Kier alpha value is -2.08. The first-order valence-corrected chi connectivity index (χ1v) is 11.0. The molecule has 2 bridgehead atoms. The van der Waals surface area contributed by atoms with Gasteiger partial charge in [0.1, 0.15) is 5.66 Å². The number of likely N-dealkylation sites (tertiary alicyclic amines) is 1. The third kappa shape index (κ3) is 2.95. The summed E-state index contributed by atoms with van der Waals surface area (Å²) in [6.45, 7) is 3.88. The van der Waals surface area contributed by atoms with Gasteiger partial charge in [0.25, 0.3) is 5.91 Å². The largest absolute Gasteiger partial charge is 0.396 e. The highest BCUT2D eigenvalue weighted by Crippen LogP contribution is 2.58. The predicted octanol–water partition coefficient (Wildman–Crippen LogP) is 2.60. The SMILES string of the molecule is CC12CCC(CC1C(=O)N1CCCC(CO)C1)[C@]1(C2)NC(=O)c2ccccc2N1. The number of benzene rings is 1. The van der Waals surface area contributed by atoms with Gasteiger partial charge in [0, 0.05) is 37.2 Å². The molecule has 0 aromatic heterocycles. The number of hydrogen-bond acceptors (Lipinski definition) is 4. The van der Waals surface area contributed by atoms with Crippen LogP contribution in [-0.4, -0.2) is 47.2 Å². The van der Waals surface area contributed by atoms with E-state index in [2.05, 4.69) is 17.6 Å². The van der Waals surface area contributed by atoms with E-state index in [-0.39, 0.29) is 41.6 Å². The van der Waals surface area contributed by atoms with Crippen LogP contribution in [0.4, 0.5) is 5.69 Å². The zero-order chi connectivity index (χ0) is 20.2. The first-order valence-electron chi connectivity index (χ1n) is 11.0. The molecule has 3 N–H and O–H groups in total. The molecule has 0 radical (unpaired) electrons. The van der Waals surface area contributed by atoms with E-state index in [1.165, 1.54) is 0 Å². The third-order valence-corrected chi connectivity index (χ3v) is 8.06. The lowest BCUT2D eigenvalue weighted by Crippen LogP contribution is -2.70. The van der Waals surface area contributed by atoms with E-state index in [1.54, 1.807) is 0 Å². The topological polar surface area (TPSA) is 81.7 Å². The highest BCUT2D eigenvalue weighted by molar-refractivity contribution is 6.02.